The van der Waals surface area contributed by atoms with E-state index in [-0.39, 0.29) is 5.56 Å². The van der Waals surface area contributed by atoms with Crippen molar-refractivity contribution in [2.45, 2.75) is 6.10 Å². The number of halogens is 1. The van der Waals surface area contributed by atoms with Crippen molar-refractivity contribution in [3.05, 3.63) is 53.6 Å². The Kier molecular flexibility index (Phi) is 3.97. The van der Waals surface area contributed by atoms with Gasteiger partial charge in [-0.3, -0.25) is 4.98 Å². The first-order valence-electron chi connectivity index (χ1n) is 5.67. The lowest BCUT2D eigenvalue weighted by molar-refractivity contribution is 0.203. The highest BCUT2D eigenvalue weighted by Gasteiger charge is 2.22. The summed E-state index contributed by atoms with van der Waals surface area (Å²) in [5.41, 5.74) is 0.510. The standard InChI is InChI=1S/C14H14FNO3/c1-18-11-4-3-5-12(19-2)13(11)14(17)9-6-7-16-8-10(9)15/h3-8,14,17H,1-2H3. The fourth-order valence-corrected chi connectivity index (χ4v) is 1.91. The number of hydrogen-bond donors (Lipinski definition) is 1. The topological polar surface area (TPSA) is 51.6 Å². The Morgan fingerprint density at radius 1 is 1.16 bits per heavy atom. The molecule has 0 aliphatic carbocycles. The maximum absolute atomic E-state index is 13.7. The summed E-state index contributed by atoms with van der Waals surface area (Å²) < 4.78 is 24.1. The van der Waals surface area contributed by atoms with Crippen molar-refractivity contribution in [2.24, 2.45) is 0 Å². The van der Waals surface area contributed by atoms with Crippen LogP contribution >= 0.6 is 0 Å². The van der Waals surface area contributed by atoms with Crippen molar-refractivity contribution < 1.29 is 19.0 Å². The molecule has 0 aliphatic rings. The van der Waals surface area contributed by atoms with Crippen LogP contribution < -0.4 is 9.47 Å². The average Bonchev–Trinajstić information content (AvgIpc) is 2.46. The Morgan fingerprint density at radius 2 is 1.79 bits per heavy atom. The molecule has 0 saturated heterocycles. The molecule has 4 nitrogen and oxygen atoms in total. The van der Waals surface area contributed by atoms with Gasteiger partial charge < -0.3 is 14.6 Å². The van der Waals surface area contributed by atoms with Crippen LogP contribution in [0.3, 0.4) is 0 Å². The molecule has 1 heterocycles. The van der Waals surface area contributed by atoms with Gasteiger partial charge in [-0.25, -0.2) is 4.39 Å². The van der Waals surface area contributed by atoms with Crippen molar-refractivity contribution >= 4 is 0 Å². The van der Waals surface area contributed by atoms with Gasteiger partial charge in [-0.15, -0.1) is 0 Å². The third kappa shape index (κ3) is 2.51. The molecular weight excluding hydrogens is 249 g/mol. The number of rotatable bonds is 4. The summed E-state index contributed by atoms with van der Waals surface area (Å²) >= 11 is 0. The molecule has 1 aromatic carbocycles. The molecule has 5 heteroatoms. The number of ether oxygens (including phenoxy) is 2. The first-order chi connectivity index (χ1) is 9.19. The van der Waals surface area contributed by atoms with Crippen LogP contribution in [0.25, 0.3) is 0 Å². The van der Waals surface area contributed by atoms with E-state index in [4.69, 9.17) is 9.47 Å². The summed E-state index contributed by atoms with van der Waals surface area (Å²) in [5.74, 6) is 0.286. The predicted molar refractivity (Wildman–Crippen MR) is 67.8 cm³/mol. The molecule has 0 saturated carbocycles. The number of methoxy groups -OCH3 is 2. The molecule has 0 aliphatic heterocycles. The number of benzene rings is 1. The number of hydrogen-bond acceptors (Lipinski definition) is 4. The molecule has 1 unspecified atom stereocenters. The fraction of sp³-hybridized carbons (Fsp3) is 0.214. The largest absolute Gasteiger partial charge is 0.496 e. The Bertz CT molecular complexity index is 552. The van der Waals surface area contributed by atoms with Crippen LogP contribution in [0, 0.1) is 5.82 Å². The third-order valence-corrected chi connectivity index (χ3v) is 2.84. The number of pyridine rings is 1. The SMILES string of the molecule is COc1cccc(OC)c1C(O)c1ccncc1F. The van der Waals surface area contributed by atoms with E-state index in [2.05, 4.69) is 4.98 Å². The molecular formula is C14H14FNO3. The summed E-state index contributed by atoms with van der Waals surface area (Å²) in [6.45, 7) is 0. The van der Waals surface area contributed by atoms with Crippen molar-refractivity contribution in [2.75, 3.05) is 14.2 Å². The van der Waals surface area contributed by atoms with E-state index in [1.165, 1.54) is 26.5 Å². The van der Waals surface area contributed by atoms with E-state index in [1.54, 1.807) is 18.2 Å². The first kappa shape index (κ1) is 13.3. The van der Waals surface area contributed by atoms with Gasteiger partial charge in [-0.05, 0) is 18.2 Å². The van der Waals surface area contributed by atoms with Crippen molar-refractivity contribution in [3.8, 4) is 11.5 Å². The lowest BCUT2D eigenvalue weighted by atomic mass is 10.00. The summed E-state index contributed by atoms with van der Waals surface area (Å²) in [6.07, 6.45) is 1.29. The fourth-order valence-electron chi connectivity index (χ4n) is 1.91. The highest BCUT2D eigenvalue weighted by Crippen LogP contribution is 2.37. The minimum absolute atomic E-state index is 0.123. The van der Waals surface area contributed by atoms with Gasteiger partial charge >= 0.3 is 0 Å². The summed E-state index contributed by atoms with van der Waals surface area (Å²) in [7, 11) is 2.96. The van der Waals surface area contributed by atoms with Crippen LogP contribution in [0.5, 0.6) is 11.5 Å². The van der Waals surface area contributed by atoms with E-state index >= 15 is 0 Å². The van der Waals surface area contributed by atoms with Gasteiger partial charge in [-0.1, -0.05) is 6.07 Å². The molecule has 0 spiro atoms. The second-order valence-corrected chi connectivity index (χ2v) is 3.88. The zero-order valence-electron chi connectivity index (χ0n) is 10.6. The highest BCUT2D eigenvalue weighted by atomic mass is 19.1. The Morgan fingerprint density at radius 3 is 2.32 bits per heavy atom. The van der Waals surface area contributed by atoms with E-state index in [9.17, 15) is 9.50 Å². The molecule has 2 aromatic rings. The lowest BCUT2D eigenvalue weighted by Crippen LogP contribution is -2.07. The van der Waals surface area contributed by atoms with Crippen molar-refractivity contribution in [3.63, 3.8) is 0 Å². The van der Waals surface area contributed by atoms with E-state index in [0.717, 1.165) is 6.20 Å². The predicted octanol–water partition coefficient (Wildman–Crippen LogP) is 2.32. The van der Waals surface area contributed by atoms with Gasteiger partial charge in [0.1, 0.15) is 23.4 Å². The van der Waals surface area contributed by atoms with Crippen molar-refractivity contribution in [1.82, 2.24) is 4.98 Å². The molecule has 0 radical (unpaired) electrons. The van der Waals surface area contributed by atoms with E-state index in [0.29, 0.717) is 17.1 Å². The molecule has 0 bridgehead atoms. The lowest BCUT2D eigenvalue weighted by Gasteiger charge is -2.18. The monoisotopic (exact) mass is 263 g/mol. The van der Waals surface area contributed by atoms with Crippen LogP contribution in [-0.4, -0.2) is 24.3 Å². The number of aliphatic hydroxyl groups excluding tert-OH is 1. The molecule has 0 fully saturated rings. The zero-order chi connectivity index (χ0) is 13.8. The minimum Gasteiger partial charge on any atom is -0.496 e. The molecule has 0 amide bonds. The van der Waals surface area contributed by atoms with E-state index in [1.807, 2.05) is 0 Å². The summed E-state index contributed by atoms with van der Waals surface area (Å²) in [5, 5.41) is 10.4. The zero-order valence-corrected chi connectivity index (χ0v) is 10.6. The third-order valence-electron chi connectivity index (χ3n) is 2.84. The molecule has 1 aromatic heterocycles. The second kappa shape index (κ2) is 5.67. The maximum atomic E-state index is 13.7. The second-order valence-electron chi connectivity index (χ2n) is 3.88. The minimum atomic E-state index is -1.19. The van der Waals surface area contributed by atoms with Crippen LogP contribution in [-0.2, 0) is 0 Å². The van der Waals surface area contributed by atoms with Crippen LogP contribution in [0.2, 0.25) is 0 Å². The average molecular weight is 263 g/mol. The van der Waals surface area contributed by atoms with Gasteiger partial charge in [0, 0.05) is 11.8 Å². The molecule has 1 N–H and O–H groups in total. The molecule has 2 rings (SSSR count). The van der Waals surface area contributed by atoms with Gasteiger partial charge in [0.05, 0.1) is 26.0 Å². The Balaban J connectivity index is 2.55. The smallest absolute Gasteiger partial charge is 0.147 e. The molecule has 1 atom stereocenters. The van der Waals surface area contributed by atoms with Gasteiger partial charge in [0.2, 0.25) is 0 Å². The van der Waals surface area contributed by atoms with Crippen LogP contribution in [0.1, 0.15) is 17.2 Å². The normalized spacial score (nSPS) is 12.0. The molecule has 100 valence electrons. The quantitative estimate of drug-likeness (QED) is 0.919. The number of aliphatic hydroxyl groups is 1. The van der Waals surface area contributed by atoms with Crippen LogP contribution in [0.15, 0.2) is 36.7 Å². The van der Waals surface area contributed by atoms with Gasteiger partial charge in [0.25, 0.3) is 0 Å². The summed E-state index contributed by atoms with van der Waals surface area (Å²) in [6, 6.07) is 6.52. The van der Waals surface area contributed by atoms with E-state index < -0.39 is 11.9 Å². The Hall–Kier alpha value is -2.14. The van der Waals surface area contributed by atoms with Gasteiger partial charge in [-0.2, -0.15) is 0 Å². The number of nitrogens with zero attached hydrogens (tertiary/aromatic N) is 1. The Labute approximate surface area is 110 Å². The highest BCUT2D eigenvalue weighted by molar-refractivity contribution is 5.49. The van der Waals surface area contributed by atoms with Crippen molar-refractivity contribution in [1.29, 1.82) is 0 Å². The summed E-state index contributed by atoms with van der Waals surface area (Å²) in [4.78, 5) is 3.66. The maximum Gasteiger partial charge on any atom is 0.147 e. The van der Waals surface area contributed by atoms with Gasteiger partial charge in [0.15, 0.2) is 0 Å². The van der Waals surface area contributed by atoms with Crippen LogP contribution in [0.4, 0.5) is 4.39 Å². The number of aromatic nitrogens is 1. The molecule has 19 heavy (non-hydrogen) atoms. The first-order valence-corrected chi connectivity index (χ1v) is 5.67.